The second-order valence-electron chi connectivity index (χ2n) is 8.64. The van der Waals surface area contributed by atoms with Crippen LogP contribution in [0, 0.1) is 28.6 Å². The van der Waals surface area contributed by atoms with Crippen LogP contribution in [0.1, 0.15) is 66.2 Å². The molecule has 1 heterocycles. The molecule has 5 unspecified atom stereocenters. The molecule has 3 heteroatoms. The summed E-state index contributed by atoms with van der Waals surface area (Å²) in [5.74, 6) is 1.72. The molecule has 0 aromatic rings. The van der Waals surface area contributed by atoms with Crippen molar-refractivity contribution in [1.29, 1.82) is 0 Å². The van der Waals surface area contributed by atoms with Gasteiger partial charge in [0.1, 0.15) is 12.4 Å². The summed E-state index contributed by atoms with van der Waals surface area (Å²) >= 11 is 0. The number of carbonyl (C=O) groups is 2. The Balaban J connectivity index is 1.82. The van der Waals surface area contributed by atoms with Gasteiger partial charge in [0.15, 0.2) is 0 Å². The van der Waals surface area contributed by atoms with Gasteiger partial charge in [-0.25, -0.2) is 4.79 Å². The van der Waals surface area contributed by atoms with Gasteiger partial charge in [-0.1, -0.05) is 27.7 Å². The van der Waals surface area contributed by atoms with Gasteiger partial charge in [0.05, 0.1) is 0 Å². The molecule has 0 amide bonds. The first-order chi connectivity index (χ1) is 10.8. The molecule has 0 aromatic carbocycles. The Morgan fingerprint density at radius 2 is 1.96 bits per heavy atom. The van der Waals surface area contributed by atoms with Crippen LogP contribution in [0.2, 0.25) is 0 Å². The van der Waals surface area contributed by atoms with Crippen LogP contribution in [-0.2, 0) is 14.3 Å². The third-order valence-corrected chi connectivity index (χ3v) is 7.69. The molecule has 0 N–H and O–H groups in total. The summed E-state index contributed by atoms with van der Waals surface area (Å²) in [5, 5.41) is 0. The lowest BCUT2D eigenvalue weighted by atomic mass is 9.44. The van der Waals surface area contributed by atoms with Crippen molar-refractivity contribution in [3.05, 3.63) is 11.6 Å². The molecule has 23 heavy (non-hydrogen) atoms. The van der Waals surface area contributed by atoms with Gasteiger partial charge in [0.2, 0.25) is 0 Å². The molecule has 3 rings (SSSR count). The summed E-state index contributed by atoms with van der Waals surface area (Å²) in [4.78, 5) is 23.6. The molecule has 2 saturated carbocycles. The summed E-state index contributed by atoms with van der Waals surface area (Å²) in [5.41, 5.74) is 1.53. The minimum absolute atomic E-state index is 0.146. The maximum atomic E-state index is 12.3. The van der Waals surface area contributed by atoms with E-state index >= 15 is 0 Å². The summed E-state index contributed by atoms with van der Waals surface area (Å²) in [6.07, 6.45) is 7.87. The molecule has 0 bridgehead atoms. The number of ketones is 1. The quantitative estimate of drug-likeness (QED) is 0.728. The number of fused-ring (bicyclic) bond motifs is 1. The predicted molar refractivity (Wildman–Crippen MR) is 89.8 cm³/mol. The molecule has 3 aliphatic rings. The van der Waals surface area contributed by atoms with Crippen LogP contribution < -0.4 is 0 Å². The number of hydrogen-bond acceptors (Lipinski definition) is 3. The Morgan fingerprint density at radius 3 is 2.61 bits per heavy atom. The third-order valence-electron chi connectivity index (χ3n) is 7.69. The van der Waals surface area contributed by atoms with Gasteiger partial charge in [-0.05, 0) is 60.3 Å². The fraction of sp³-hybridized carbons (Fsp3) is 0.800. The van der Waals surface area contributed by atoms with Crippen LogP contribution in [0.25, 0.3) is 0 Å². The molecule has 2 aliphatic carbocycles. The van der Waals surface area contributed by atoms with E-state index in [1.165, 1.54) is 12.8 Å². The number of Topliss-reactive ketones (excluding diaryl/α,β-unsaturated/α-hetero) is 1. The zero-order chi connectivity index (χ0) is 16.8. The van der Waals surface area contributed by atoms with E-state index in [-0.39, 0.29) is 22.7 Å². The Morgan fingerprint density at radius 1 is 1.22 bits per heavy atom. The number of ether oxygens (including phenoxy) is 1. The zero-order valence-electron chi connectivity index (χ0n) is 15.0. The highest BCUT2D eigenvalue weighted by Crippen LogP contribution is 2.62. The molecule has 2 fully saturated rings. The lowest BCUT2D eigenvalue weighted by molar-refractivity contribution is -0.148. The van der Waals surface area contributed by atoms with Crippen molar-refractivity contribution in [3.63, 3.8) is 0 Å². The lowest BCUT2D eigenvalue weighted by Gasteiger charge is -2.59. The van der Waals surface area contributed by atoms with Crippen LogP contribution in [0.4, 0.5) is 0 Å². The van der Waals surface area contributed by atoms with E-state index in [0.717, 1.165) is 31.3 Å². The van der Waals surface area contributed by atoms with E-state index in [1.54, 1.807) is 6.08 Å². The number of rotatable bonds is 3. The number of carbonyl (C=O) groups excluding carboxylic acids is 2. The van der Waals surface area contributed by atoms with Crippen molar-refractivity contribution >= 4 is 11.8 Å². The molecule has 128 valence electrons. The molecule has 0 aromatic heterocycles. The van der Waals surface area contributed by atoms with Crippen LogP contribution >= 0.6 is 0 Å². The highest BCUT2D eigenvalue weighted by Gasteiger charge is 2.56. The van der Waals surface area contributed by atoms with Gasteiger partial charge in [-0.3, -0.25) is 4.79 Å². The lowest BCUT2D eigenvalue weighted by Crippen LogP contribution is -2.54. The fourth-order valence-electron chi connectivity index (χ4n) is 5.59. The van der Waals surface area contributed by atoms with Gasteiger partial charge >= 0.3 is 5.97 Å². The second kappa shape index (κ2) is 5.75. The Bertz CT molecular complexity index is 549. The smallest absolute Gasteiger partial charge is 0.331 e. The minimum atomic E-state index is -0.191. The maximum Gasteiger partial charge on any atom is 0.331 e. The van der Waals surface area contributed by atoms with Gasteiger partial charge in [-0.15, -0.1) is 0 Å². The van der Waals surface area contributed by atoms with Crippen molar-refractivity contribution in [1.82, 2.24) is 0 Å². The molecule has 1 aliphatic heterocycles. The molecule has 0 radical (unpaired) electrons. The van der Waals surface area contributed by atoms with Crippen molar-refractivity contribution in [2.24, 2.45) is 28.6 Å². The molecular weight excluding hydrogens is 288 g/mol. The predicted octanol–water partition coefficient (Wildman–Crippen LogP) is 4.31. The van der Waals surface area contributed by atoms with Crippen molar-refractivity contribution in [2.75, 3.05) is 6.61 Å². The highest BCUT2D eigenvalue weighted by atomic mass is 16.5. The van der Waals surface area contributed by atoms with Crippen LogP contribution in [0.5, 0.6) is 0 Å². The molecule has 0 spiro atoms. The average Bonchev–Trinajstić information content (AvgIpc) is 2.93. The SMILES string of the molecule is CC1CCC2(C)C(C)C(=O)CCC2C1(C)CCC1=CC(=O)OC1. The van der Waals surface area contributed by atoms with E-state index in [4.69, 9.17) is 4.74 Å². The van der Waals surface area contributed by atoms with Crippen LogP contribution in [-0.4, -0.2) is 18.4 Å². The first-order valence-electron chi connectivity index (χ1n) is 9.16. The summed E-state index contributed by atoms with van der Waals surface area (Å²) < 4.78 is 5.05. The molecule has 3 nitrogen and oxygen atoms in total. The van der Waals surface area contributed by atoms with Gasteiger partial charge in [0.25, 0.3) is 0 Å². The summed E-state index contributed by atoms with van der Waals surface area (Å²) in [6, 6.07) is 0. The molecule has 0 saturated heterocycles. The molecule has 5 atom stereocenters. The van der Waals surface area contributed by atoms with E-state index in [0.29, 0.717) is 24.2 Å². The topological polar surface area (TPSA) is 43.4 Å². The van der Waals surface area contributed by atoms with Crippen molar-refractivity contribution < 1.29 is 14.3 Å². The van der Waals surface area contributed by atoms with Gasteiger partial charge in [0, 0.05) is 18.4 Å². The Labute approximate surface area is 139 Å². The molecular formula is C20H30O3. The summed E-state index contributed by atoms with van der Waals surface area (Å²) in [6.45, 7) is 9.79. The Hall–Kier alpha value is -1.12. The highest BCUT2D eigenvalue weighted by molar-refractivity contribution is 5.85. The zero-order valence-corrected chi connectivity index (χ0v) is 15.0. The largest absolute Gasteiger partial charge is 0.458 e. The number of cyclic esters (lactones) is 1. The van der Waals surface area contributed by atoms with E-state index in [2.05, 4.69) is 27.7 Å². The van der Waals surface area contributed by atoms with Crippen molar-refractivity contribution in [3.8, 4) is 0 Å². The standard InChI is InChI=1S/C20H30O3/c1-13-7-9-20(4)14(2)16(21)5-6-17(20)19(13,3)10-8-15-11-18(22)23-12-15/h11,13-14,17H,5-10,12H2,1-4H3. The monoisotopic (exact) mass is 318 g/mol. The van der Waals surface area contributed by atoms with Crippen LogP contribution in [0.15, 0.2) is 11.6 Å². The normalized spacial score (nSPS) is 43.8. The number of esters is 1. The summed E-state index contributed by atoms with van der Waals surface area (Å²) in [7, 11) is 0. The fourth-order valence-corrected chi connectivity index (χ4v) is 5.59. The Kier molecular flexibility index (Phi) is 4.18. The van der Waals surface area contributed by atoms with Gasteiger partial charge in [-0.2, -0.15) is 0 Å². The minimum Gasteiger partial charge on any atom is -0.458 e. The van der Waals surface area contributed by atoms with Crippen LogP contribution in [0.3, 0.4) is 0 Å². The third kappa shape index (κ3) is 2.66. The van der Waals surface area contributed by atoms with Gasteiger partial charge < -0.3 is 4.74 Å². The first-order valence-corrected chi connectivity index (χ1v) is 9.16. The number of hydrogen-bond donors (Lipinski definition) is 0. The maximum absolute atomic E-state index is 12.3. The first kappa shape index (κ1) is 16.7. The van der Waals surface area contributed by atoms with E-state index < -0.39 is 0 Å². The van der Waals surface area contributed by atoms with E-state index in [9.17, 15) is 9.59 Å². The van der Waals surface area contributed by atoms with Crippen molar-refractivity contribution in [2.45, 2.75) is 66.2 Å². The van der Waals surface area contributed by atoms with E-state index in [1.807, 2.05) is 0 Å². The average molecular weight is 318 g/mol. The second-order valence-corrected chi connectivity index (χ2v) is 8.64.